The summed E-state index contributed by atoms with van der Waals surface area (Å²) in [4.78, 5) is 25.7. The van der Waals surface area contributed by atoms with Crippen molar-refractivity contribution in [3.05, 3.63) is 83.6 Å². The molecule has 1 unspecified atom stereocenters. The van der Waals surface area contributed by atoms with Crippen LogP contribution in [0.2, 0.25) is 0 Å². The van der Waals surface area contributed by atoms with Gasteiger partial charge in [-0.05, 0) is 29.3 Å². The van der Waals surface area contributed by atoms with Crippen LogP contribution < -0.4 is 0 Å². The van der Waals surface area contributed by atoms with Crippen LogP contribution in [0.5, 0.6) is 0 Å². The van der Waals surface area contributed by atoms with E-state index in [4.69, 9.17) is 10.00 Å². The molecule has 0 fully saturated rings. The number of nitrogens with zero attached hydrogens (tertiary/aromatic N) is 2. The number of hydrogen-bond acceptors (Lipinski definition) is 4. The minimum atomic E-state index is -0.512. The van der Waals surface area contributed by atoms with E-state index in [0.29, 0.717) is 5.56 Å². The van der Waals surface area contributed by atoms with Crippen molar-refractivity contribution >= 4 is 11.9 Å². The second-order valence-corrected chi connectivity index (χ2v) is 5.68. The Labute approximate surface area is 145 Å². The van der Waals surface area contributed by atoms with Crippen molar-refractivity contribution in [2.75, 3.05) is 0 Å². The molecule has 2 aromatic rings. The van der Waals surface area contributed by atoms with E-state index >= 15 is 0 Å². The van der Waals surface area contributed by atoms with Crippen molar-refractivity contribution < 1.29 is 14.3 Å². The van der Waals surface area contributed by atoms with Crippen LogP contribution >= 0.6 is 0 Å². The molecule has 25 heavy (non-hydrogen) atoms. The summed E-state index contributed by atoms with van der Waals surface area (Å²) >= 11 is 0. The number of carbonyl (C=O) groups is 2. The van der Waals surface area contributed by atoms with Gasteiger partial charge in [-0.25, -0.2) is 4.79 Å². The Balaban J connectivity index is 1.76. The highest BCUT2D eigenvalue weighted by Crippen LogP contribution is 2.29. The lowest BCUT2D eigenvalue weighted by atomic mass is 9.97. The molecular weight excluding hydrogens is 316 g/mol. The maximum absolute atomic E-state index is 12.5. The Bertz CT molecular complexity index is 835. The number of amides is 1. The van der Waals surface area contributed by atoms with Crippen LogP contribution in [-0.2, 0) is 16.1 Å². The second-order valence-electron chi connectivity index (χ2n) is 5.68. The third-order valence-electron chi connectivity index (χ3n) is 3.99. The van der Waals surface area contributed by atoms with Gasteiger partial charge in [0, 0.05) is 12.6 Å². The largest absolute Gasteiger partial charge is 0.444 e. The Morgan fingerprint density at radius 3 is 2.56 bits per heavy atom. The summed E-state index contributed by atoms with van der Waals surface area (Å²) in [5.74, 6) is -0.0542. The van der Waals surface area contributed by atoms with E-state index in [1.165, 1.54) is 17.2 Å². The van der Waals surface area contributed by atoms with E-state index in [1.807, 2.05) is 30.3 Å². The third kappa shape index (κ3) is 3.93. The van der Waals surface area contributed by atoms with Crippen molar-refractivity contribution in [1.29, 1.82) is 5.26 Å². The molecule has 1 amide bonds. The molecule has 0 bridgehead atoms. The first kappa shape index (κ1) is 16.5. The summed E-state index contributed by atoms with van der Waals surface area (Å²) in [6, 6.07) is 17.9. The lowest BCUT2D eigenvalue weighted by Gasteiger charge is -2.30. The molecule has 0 spiro atoms. The molecule has 124 valence electrons. The molecule has 0 saturated heterocycles. The lowest BCUT2D eigenvalue weighted by molar-refractivity contribution is -0.116. The molecule has 3 rings (SSSR count). The molecule has 5 nitrogen and oxygen atoms in total. The van der Waals surface area contributed by atoms with Crippen LogP contribution in [0.4, 0.5) is 4.79 Å². The number of ether oxygens (including phenoxy) is 1. The number of carbonyl (C=O) groups excluding carboxylic acids is 2. The highest BCUT2D eigenvalue weighted by molar-refractivity contribution is 5.92. The molecule has 0 aromatic heterocycles. The highest BCUT2D eigenvalue weighted by atomic mass is 16.6. The van der Waals surface area contributed by atoms with E-state index in [0.717, 1.165) is 11.1 Å². The van der Waals surface area contributed by atoms with Crippen molar-refractivity contribution in [1.82, 2.24) is 4.90 Å². The molecule has 5 heteroatoms. The molecule has 0 aliphatic carbocycles. The molecule has 1 heterocycles. The number of nitriles is 1. The fourth-order valence-corrected chi connectivity index (χ4v) is 2.66. The van der Waals surface area contributed by atoms with Gasteiger partial charge >= 0.3 is 6.09 Å². The first-order valence-corrected chi connectivity index (χ1v) is 7.87. The van der Waals surface area contributed by atoms with Crippen LogP contribution in [0.25, 0.3) is 0 Å². The first-order valence-electron chi connectivity index (χ1n) is 7.87. The van der Waals surface area contributed by atoms with E-state index in [9.17, 15) is 9.59 Å². The predicted octanol–water partition coefficient (Wildman–Crippen LogP) is 3.72. The van der Waals surface area contributed by atoms with Crippen molar-refractivity contribution in [2.45, 2.75) is 19.1 Å². The van der Waals surface area contributed by atoms with E-state index < -0.39 is 12.1 Å². The first-order chi connectivity index (χ1) is 12.2. The zero-order valence-corrected chi connectivity index (χ0v) is 13.5. The smallest absolute Gasteiger partial charge is 0.414 e. The van der Waals surface area contributed by atoms with Gasteiger partial charge in [0.05, 0.1) is 17.7 Å². The van der Waals surface area contributed by atoms with Gasteiger partial charge in [-0.1, -0.05) is 42.5 Å². The zero-order chi connectivity index (χ0) is 17.6. The van der Waals surface area contributed by atoms with Crippen molar-refractivity contribution in [2.24, 2.45) is 0 Å². The maximum atomic E-state index is 12.5. The van der Waals surface area contributed by atoms with Gasteiger partial charge < -0.3 is 4.74 Å². The average molecular weight is 332 g/mol. The summed E-state index contributed by atoms with van der Waals surface area (Å²) in [6.07, 6.45) is 2.51. The Hall–Kier alpha value is -3.39. The normalized spacial score (nSPS) is 16.4. The van der Waals surface area contributed by atoms with Crippen LogP contribution in [0, 0.1) is 11.3 Å². The van der Waals surface area contributed by atoms with Gasteiger partial charge in [0.1, 0.15) is 6.61 Å². The van der Waals surface area contributed by atoms with Gasteiger partial charge in [-0.15, -0.1) is 0 Å². The van der Waals surface area contributed by atoms with Crippen LogP contribution in [-0.4, -0.2) is 16.8 Å². The monoisotopic (exact) mass is 332 g/mol. The lowest BCUT2D eigenvalue weighted by Crippen LogP contribution is -2.34. The maximum Gasteiger partial charge on any atom is 0.414 e. The van der Waals surface area contributed by atoms with Crippen molar-refractivity contribution in [3.63, 3.8) is 0 Å². The fraction of sp³-hybridized carbons (Fsp3) is 0.150. The fourth-order valence-electron chi connectivity index (χ4n) is 2.66. The van der Waals surface area contributed by atoms with Gasteiger partial charge in [0.15, 0.2) is 5.78 Å². The summed E-state index contributed by atoms with van der Waals surface area (Å²) in [5.41, 5.74) is 2.20. The Morgan fingerprint density at radius 1 is 1.16 bits per heavy atom. The summed E-state index contributed by atoms with van der Waals surface area (Å²) < 4.78 is 5.37. The summed E-state index contributed by atoms with van der Waals surface area (Å²) in [7, 11) is 0. The van der Waals surface area contributed by atoms with Crippen LogP contribution in [0.1, 0.15) is 29.2 Å². The van der Waals surface area contributed by atoms with Crippen molar-refractivity contribution in [3.8, 4) is 6.07 Å². The molecule has 2 aromatic carbocycles. The number of rotatable bonds is 3. The molecule has 0 radical (unpaired) electrons. The molecule has 1 aliphatic heterocycles. The Morgan fingerprint density at radius 2 is 1.88 bits per heavy atom. The number of allylic oxidation sites excluding steroid dienone is 1. The predicted molar refractivity (Wildman–Crippen MR) is 91.1 cm³/mol. The second kappa shape index (κ2) is 7.45. The van der Waals surface area contributed by atoms with Crippen LogP contribution in [0.15, 0.2) is 66.9 Å². The third-order valence-corrected chi connectivity index (χ3v) is 3.99. The zero-order valence-electron chi connectivity index (χ0n) is 13.5. The van der Waals surface area contributed by atoms with Crippen LogP contribution in [0.3, 0.4) is 0 Å². The SMILES string of the molecule is N#Cc1ccc(C2CC(=O)C=CN2C(=O)OCc2ccccc2)cc1. The number of ketones is 1. The standard InChI is InChI=1S/C20H16N2O3/c21-13-15-6-8-17(9-7-15)19-12-18(23)10-11-22(19)20(24)25-14-16-4-2-1-3-5-16/h1-11,19H,12,14H2. The molecule has 1 aliphatic rings. The topological polar surface area (TPSA) is 70.4 Å². The highest BCUT2D eigenvalue weighted by Gasteiger charge is 2.29. The van der Waals surface area contributed by atoms with E-state index in [1.54, 1.807) is 24.3 Å². The summed E-state index contributed by atoms with van der Waals surface area (Å²) in [5, 5.41) is 8.90. The number of benzene rings is 2. The molecule has 1 atom stereocenters. The minimum Gasteiger partial charge on any atom is -0.444 e. The molecule has 0 N–H and O–H groups in total. The van der Waals surface area contributed by atoms with Gasteiger partial charge in [0.2, 0.25) is 0 Å². The average Bonchev–Trinajstić information content (AvgIpc) is 2.67. The van der Waals surface area contributed by atoms with E-state index in [-0.39, 0.29) is 18.8 Å². The van der Waals surface area contributed by atoms with Gasteiger partial charge in [-0.3, -0.25) is 9.69 Å². The molecule has 0 saturated carbocycles. The molecular formula is C20H16N2O3. The Kier molecular flexibility index (Phi) is 4.91. The summed E-state index contributed by atoms with van der Waals surface area (Å²) in [6.45, 7) is 0.165. The quantitative estimate of drug-likeness (QED) is 0.859. The van der Waals surface area contributed by atoms with Gasteiger partial charge in [-0.2, -0.15) is 5.26 Å². The van der Waals surface area contributed by atoms with Gasteiger partial charge in [0.25, 0.3) is 0 Å². The number of hydrogen-bond donors (Lipinski definition) is 0. The van der Waals surface area contributed by atoms with E-state index in [2.05, 4.69) is 6.07 Å². The minimum absolute atomic E-state index is 0.0542.